The molecule has 1 aromatic heterocycles. The highest BCUT2D eigenvalue weighted by molar-refractivity contribution is 7.98. The highest BCUT2D eigenvalue weighted by Gasteiger charge is 2.02. The maximum Gasteiger partial charge on any atom is 0.0467 e. The molecule has 0 aliphatic carbocycles. The first-order valence-corrected chi connectivity index (χ1v) is 5.42. The predicted molar refractivity (Wildman–Crippen MR) is 58.0 cm³/mol. The van der Waals surface area contributed by atoms with Gasteiger partial charge in [0.2, 0.25) is 0 Å². The van der Waals surface area contributed by atoms with Gasteiger partial charge in [0.15, 0.2) is 0 Å². The maximum atomic E-state index is 5.57. The van der Waals surface area contributed by atoms with Gasteiger partial charge in [-0.15, -0.1) is 11.8 Å². The predicted octanol–water partition coefficient (Wildman–Crippen LogP) is 2.35. The van der Waals surface area contributed by atoms with E-state index in [1.54, 1.807) is 11.8 Å². The highest BCUT2D eigenvalue weighted by Crippen LogP contribution is 2.26. The van der Waals surface area contributed by atoms with Gasteiger partial charge in [-0.05, 0) is 24.5 Å². The van der Waals surface area contributed by atoms with Crippen LogP contribution in [0.4, 0.5) is 0 Å². The molecule has 68 valence electrons. The minimum Gasteiger partial charge on any atom is -0.357 e. The van der Waals surface area contributed by atoms with Crippen molar-refractivity contribution in [2.24, 2.45) is 5.73 Å². The van der Waals surface area contributed by atoms with Crippen molar-refractivity contribution in [2.45, 2.75) is 11.4 Å². The molecular weight excluding hydrogens is 180 g/mol. The molecule has 1 heterocycles. The average molecular weight is 192 g/mol. The molecule has 0 aliphatic heterocycles. The quantitative estimate of drug-likeness (QED) is 0.717. The number of hydrogen-bond donors (Lipinski definition) is 2. The molecular formula is C10H12N2S. The standard InChI is InChI=1S/C10H12N2S/c1-13-10-4-2-3-9-8(10)5-7(6-11)12-9/h2-5,12H,6,11H2,1H3. The summed E-state index contributed by atoms with van der Waals surface area (Å²) in [7, 11) is 0. The van der Waals surface area contributed by atoms with Gasteiger partial charge < -0.3 is 10.7 Å². The fourth-order valence-corrected chi connectivity index (χ4v) is 2.08. The zero-order chi connectivity index (χ0) is 9.26. The number of rotatable bonds is 2. The van der Waals surface area contributed by atoms with E-state index in [9.17, 15) is 0 Å². The van der Waals surface area contributed by atoms with Crippen LogP contribution >= 0.6 is 11.8 Å². The number of nitrogens with one attached hydrogen (secondary N) is 1. The number of H-pyrrole nitrogens is 1. The van der Waals surface area contributed by atoms with Gasteiger partial charge in [0.25, 0.3) is 0 Å². The SMILES string of the molecule is CSc1cccc2[nH]c(CN)cc12. The minimum absolute atomic E-state index is 0.572. The lowest BCUT2D eigenvalue weighted by Crippen LogP contribution is -1.94. The third-order valence-corrected chi connectivity index (χ3v) is 2.92. The minimum atomic E-state index is 0.572. The molecule has 0 bridgehead atoms. The molecule has 0 saturated heterocycles. The van der Waals surface area contributed by atoms with Crippen LogP contribution in [0.15, 0.2) is 29.2 Å². The van der Waals surface area contributed by atoms with Gasteiger partial charge in [0.1, 0.15) is 0 Å². The van der Waals surface area contributed by atoms with Gasteiger partial charge in [-0.2, -0.15) is 0 Å². The van der Waals surface area contributed by atoms with Gasteiger partial charge in [-0.1, -0.05) is 6.07 Å². The topological polar surface area (TPSA) is 41.8 Å². The zero-order valence-corrected chi connectivity index (χ0v) is 8.32. The summed E-state index contributed by atoms with van der Waals surface area (Å²) in [5.41, 5.74) is 7.83. The van der Waals surface area contributed by atoms with Crippen molar-refractivity contribution in [1.82, 2.24) is 4.98 Å². The molecule has 0 atom stereocenters. The fraction of sp³-hybridized carbons (Fsp3) is 0.200. The van der Waals surface area contributed by atoms with Crippen LogP contribution in [0.25, 0.3) is 10.9 Å². The summed E-state index contributed by atoms with van der Waals surface area (Å²) in [4.78, 5) is 4.58. The van der Waals surface area contributed by atoms with Crippen LogP contribution in [0.5, 0.6) is 0 Å². The van der Waals surface area contributed by atoms with E-state index in [1.807, 2.05) is 0 Å². The van der Waals surface area contributed by atoms with E-state index < -0.39 is 0 Å². The molecule has 2 aromatic rings. The monoisotopic (exact) mass is 192 g/mol. The van der Waals surface area contributed by atoms with Gasteiger partial charge in [-0.3, -0.25) is 0 Å². The Morgan fingerprint density at radius 2 is 2.31 bits per heavy atom. The van der Waals surface area contributed by atoms with E-state index in [-0.39, 0.29) is 0 Å². The Labute approximate surface area is 81.5 Å². The molecule has 3 N–H and O–H groups in total. The first-order valence-electron chi connectivity index (χ1n) is 4.20. The van der Waals surface area contributed by atoms with Crippen molar-refractivity contribution in [3.8, 4) is 0 Å². The van der Waals surface area contributed by atoms with Crippen molar-refractivity contribution >= 4 is 22.7 Å². The number of thioether (sulfide) groups is 1. The van der Waals surface area contributed by atoms with Gasteiger partial charge >= 0.3 is 0 Å². The molecule has 0 fully saturated rings. The van der Waals surface area contributed by atoms with E-state index in [0.717, 1.165) is 5.69 Å². The summed E-state index contributed by atoms with van der Waals surface area (Å²) in [6, 6.07) is 8.39. The van der Waals surface area contributed by atoms with Gasteiger partial charge in [-0.25, -0.2) is 0 Å². The normalized spacial score (nSPS) is 10.9. The Morgan fingerprint density at radius 3 is 3.00 bits per heavy atom. The summed E-state index contributed by atoms with van der Waals surface area (Å²) in [5.74, 6) is 0. The van der Waals surface area contributed by atoms with Crippen LogP contribution in [0, 0.1) is 0 Å². The molecule has 0 unspecified atom stereocenters. The fourth-order valence-electron chi connectivity index (χ4n) is 1.47. The summed E-state index contributed by atoms with van der Waals surface area (Å²) in [5, 5.41) is 1.27. The number of benzene rings is 1. The lowest BCUT2D eigenvalue weighted by molar-refractivity contribution is 1.02. The van der Waals surface area contributed by atoms with Crippen LogP contribution in [-0.4, -0.2) is 11.2 Å². The molecule has 0 amide bonds. The van der Waals surface area contributed by atoms with Crippen LogP contribution in [-0.2, 0) is 6.54 Å². The van der Waals surface area contributed by atoms with Crippen LogP contribution in [0.2, 0.25) is 0 Å². The van der Waals surface area contributed by atoms with Crippen molar-refractivity contribution in [1.29, 1.82) is 0 Å². The molecule has 0 spiro atoms. The van der Waals surface area contributed by atoms with Crippen molar-refractivity contribution in [3.05, 3.63) is 30.0 Å². The molecule has 0 aliphatic rings. The van der Waals surface area contributed by atoms with Crippen LogP contribution in [0.1, 0.15) is 5.69 Å². The number of hydrogen-bond acceptors (Lipinski definition) is 2. The second-order valence-electron chi connectivity index (χ2n) is 2.92. The Kier molecular flexibility index (Phi) is 2.29. The second-order valence-corrected chi connectivity index (χ2v) is 3.77. The molecule has 2 nitrogen and oxygen atoms in total. The van der Waals surface area contributed by atoms with E-state index in [0.29, 0.717) is 6.54 Å². The average Bonchev–Trinajstić information content (AvgIpc) is 2.59. The molecule has 13 heavy (non-hydrogen) atoms. The molecule has 1 aromatic carbocycles. The number of nitrogens with two attached hydrogens (primary N) is 1. The summed E-state index contributed by atoms with van der Waals surface area (Å²) in [6.07, 6.45) is 2.09. The van der Waals surface area contributed by atoms with Gasteiger partial charge in [0.05, 0.1) is 0 Å². The number of aromatic nitrogens is 1. The Hall–Kier alpha value is -0.930. The first kappa shape index (κ1) is 8.66. The third kappa shape index (κ3) is 1.45. The van der Waals surface area contributed by atoms with Crippen LogP contribution in [0.3, 0.4) is 0 Å². The molecule has 3 heteroatoms. The van der Waals surface area contributed by atoms with E-state index in [2.05, 4.69) is 35.5 Å². The van der Waals surface area contributed by atoms with Crippen molar-refractivity contribution < 1.29 is 0 Å². The smallest absolute Gasteiger partial charge is 0.0467 e. The van der Waals surface area contributed by atoms with E-state index in [1.165, 1.54) is 15.8 Å². The van der Waals surface area contributed by atoms with Gasteiger partial charge in [0, 0.05) is 28.0 Å². The van der Waals surface area contributed by atoms with E-state index in [4.69, 9.17) is 5.73 Å². The lowest BCUT2D eigenvalue weighted by Gasteiger charge is -1.96. The molecule has 0 saturated carbocycles. The second kappa shape index (κ2) is 3.44. The number of fused-ring (bicyclic) bond motifs is 1. The third-order valence-electron chi connectivity index (χ3n) is 2.12. The Morgan fingerprint density at radius 1 is 1.46 bits per heavy atom. The lowest BCUT2D eigenvalue weighted by atomic mass is 10.2. The summed E-state index contributed by atoms with van der Waals surface area (Å²) in [6.45, 7) is 0.572. The summed E-state index contributed by atoms with van der Waals surface area (Å²) >= 11 is 1.76. The zero-order valence-electron chi connectivity index (χ0n) is 7.50. The molecule has 0 radical (unpaired) electrons. The van der Waals surface area contributed by atoms with Crippen LogP contribution < -0.4 is 5.73 Å². The van der Waals surface area contributed by atoms with Crippen molar-refractivity contribution in [2.75, 3.05) is 6.26 Å². The maximum absolute atomic E-state index is 5.57. The first-order chi connectivity index (χ1) is 6.35. The Bertz CT molecular complexity index is 420. The molecule has 2 rings (SSSR count). The number of aromatic amines is 1. The largest absolute Gasteiger partial charge is 0.357 e. The Balaban J connectivity index is 2.67. The van der Waals surface area contributed by atoms with Crippen molar-refractivity contribution in [3.63, 3.8) is 0 Å². The van der Waals surface area contributed by atoms with E-state index >= 15 is 0 Å². The summed E-state index contributed by atoms with van der Waals surface area (Å²) < 4.78 is 0. The highest BCUT2D eigenvalue weighted by atomic mass is 32.2.